The molecule has 0 unspecified atom stereocenters. The third-order valence-corrected chi connectivity index (χ3v) is 4.69. The molecule has 1 aliphatic rings. The van der Waals surface area contributed by atoms with Crippen molar-refractivity contribution in [3.8, 4) is 5.75 Å². The maximum Gasteiger partial charge on any atom is 0.259 e. The number of hydrogen-bond donors (Lipinski definition) is 1. The smallest absolute Gasteiger partial charge is 0.259 e. The maximum absolute atomic E-state index is 12.5. The molecule has 144 valence electrons. The summed E-state index contributed by atoms with van der Waals surface area (Å²) < 4.78 is 6.72. The SMILES string of the molecule is COc1cc(Cl)ccc1C(=O)Nc1cnn(CC(=O)N2CCN(C)CC2)c1. The first kappa shape index (κ1) is 19.2. The molecular formula is C18H22ClN5O3. The molecule has 0 spiro atoms. The average molecular weight is 392 g/mol. The van der Waals surface area contributed by atoms with Gasteiger partial charge in [0.2, 0.25) is 5.91 Å². The summed E-state index contributed by atoms with van der Waals surface area (Å²) in [6.45, 7) is 3.32. The van der Waals surface area contributed by atoms with Gasteiger partial charge in [-0.1, -0.05) is 11.6 Å². The highest BCUT2D eigenvalue weighted by atomic mass is 35.5. The number of ether oxygens (including phenoxy) is 1. The molecular weight excluding hydrogens is 370 g/mol. The van der Waals surface area contributed by atoms with Crippen LogP contribution in [0.15, 0.2) is 30.6 Å². The van der Waals surface area contributed by atoms with Crippen LogP contribution in [0.1, 0.15) is 10.4 Å². The molecule has 0 aliphatic carbocycles. The van der Waals surface area contributed by atoms with Crippen molar-refractivity contribution < 1.29 is 14.3 Å². The molecule has 1 N–H and O–H groups in total. The lowest BCUT2D eigenvalue weighted by Crippen LogP contribution is -2.48. The van der Waals surface area contributed by atoms with Gasteiger partial charge in [0.15, 0.2) is 0 Å². The molecule has 27 heavy (non-hydrogen) atoms. The Balaban J connectivity index is 1.61. The molecule has 2 heterocycles. The molecule has 9 heteroatoms. The number of nitrogens with zero attached hydrogens (tertiary/aromatic N) is 4. The zero-order chi connectivity index (χ0) is 19.4. The second-order valence-electron chi connectivity index (χ2n) is 6.41. The Labute approximate surface area is 162 Å². The van der Waals surface area contributed by atoms with Crippen LogP contribution in [0.2, 0.25) is 5.02 Å². The van der Waals surface area contributed by atoms with Crippen LogP contribution in [0.5, 0.6) is 5.75 Å². The van der Waals surface area contributed by atoms with E-state index in [9.17, 15) is 9.59 Å². The number of likely N-dealkylation sites (N-methyl/N-ethyl adjacent to an activating group) is 1. The summed E-state index contributed by atoms with van der Waals surface area (Å²) >= 11 is 5.92. The van der Waals surface area contributed by atoms with E-state index in [4.69, 9.17) is 16.3 Å². The van der Waals surface area contributed by atoms with Gasteiger partial charge in [-0.3, -0.25) is 14.3 Å². The van der Waals surface area contributed by atoms with Crippen LogP contribution in [0.3, 0.4) is 0 Å². The lowest BCUT2D eigenvalue weighted by atomic mass is 10.2. The van der Waals surface area contributed by atoms with Gasteiger partial charge in [0.1, 0.15) is 12.3 Å². The molecule has 1 fully saturated rings. The van der Waals surface area contributed by atoms with E-state index in [0.29, 0.717) is 22.0 Å². The van der Waals surface area contributed by atoms with Crippen LogP contribution < -0.4 is 10.1 Å². The molecule has 1 aliphatic heterocycles. The molecule has 0 bridgehead atoms. The number of nitrogens with one attached hydrogen (secondary N) is 1. The highest BCUT2D eigenvalue weighted by Crippen LogP contribution is 2.24. The van der Waals surface area contributed by atoms with E-state index in [-0.39, 0.29) is 18.4 Å². The first-order valence-electron chi connectivity index (χ1n) is 8.60. The molecule has 1 aromatic carbocycles. The van der Waals surface area contributed by atoms with E-state index >= 15 is 0 Å². The summed E-state index contributed by atoms with van der Waals surface area (Å²) in [7, 11) is 3.52. The van der Waals surface area contributed by atoms with Crippen LogP contribution in [-0.2, 0) is 11.3 Å². The van der Waals surface area contributed by atoms with Gasteiger partial charge in [0.05, 0.1) is 24.6 Å². The summed E-state index contributed by atoms with van der Waals surface area (Å²) in [6, 6.07) is 4.80. The second-order valence-corrected chi connectivity index (χ2v) is 6.85. The standard InChI is InChI=1S/C18H22ClN5O3/c1-22-5-7-23(8-6-22)17(25)12-24-11-14(10-20-24)21-18(26)15-4-3-13(19)9-16(15)27-2/h3-4,9-11H,5-8,12H2,1-2H3,(H,21,26). The average Bonchev–Trinajstić information content (AvgIpc) is 3.08. The van der Waals surface area contributed by atoms with E-state index in [0.717, 1.165) is 26.2 Å². The Hall–Kier alpha value is -2.58. The normalized spacial score (nSPS) is 14.9. The quantitative estimate of drug-likeness (QED) is 0.836. The van der Waals surface area contributed by atoms with Gasteiger partial charge < -0.3 is 19.9 Å². The number of anilines is 1. The molecule has 1 saturated heterocycles. The Bertz CT molecular complexity index is 830. The van der Waals surface area contributed by atoms with Crippen molar-refractivity contribution in [1.29, 1.82) is 0 Å². The number of hydrogen-bond acceptors (Lipinski definition) is 5. The molecule has 0 atom stereocenters. The zero-order valence-electron chi connectivity index (χ0n) is 15.3. The second kappa shape index (κ2) is 8.41. The number of carbonyl (C=O) groups is 2. The van der Waals surface area contributed by atoms with Crippen LogP contribution in [0.25, 0.3) is 0 Å². The van der Waals surface area contributed by atoms with Crippen molar-refractivity contribution in [2.45, 2.75) is 6.54 Å². The van der Waals surface area contributed by atoms with Crippen molar-refractivity contribution >= 4 is 29.1 Å². The number of methoxy groups -OCH3 is 1. The van der Waals surface area contributed by atoms with E-state index in [1.807, 2.05) is 11.9 Å². The number of amides is 2. The lowest BCUT2D eigenvalue weighted by Gasteiger charge is -2.32. The number of rotatable bonds is 5. The van der Waals surface area contributed by atoms with Crippen molar-refractivity contribution in [1.82, 2.24) is 19.6 Å². The highest BCUT2D eigenvalue weighted by Gasteiger charge is 2.20. The zero-order valence-corrected chi connectivity index (χ0v) is 16.1. The fraction of sp³-hybridized carbons (Fsp3) is 0.389. The minimum Gasteiger partial charge on any atom is -0.496 e. The summed E-state index contributed by atoms with van der Waals surface area (Å²) in [5.41, 5.74) is 0.867. The summed E-state index contributed by atoms with van der Waals surface area (Å²) in [4.78, 5) is 28.9. The minimum atomic E-state index is -0.339. The maximum atomic E-state index is 12.5. The van der Waals surface area contributed by atoms with Crippen molar-refractivity contribution in [3.05, 3.63) is 41.2 Å². The Morgan fingerprint density at radius 3 is 2.70 bits per heavy atom. The van der Waals surface area contributed by atoms with Crippen LogP contribution in [-0.4, -0.2) is 71.7 Å². The van der Waals surface area contributed by atoms with Gasteiger partial charge in [-0.05, 0) is 25.2 Å². The van der Waals surface area contributed by atoms with E-state index < -0.39 is 0 Å². The first-order valence-corrected chi connectivity index (χ1v) is 8.97. The van der Waals surface area contributed by atoms with Crippen molar-refractivity contribution in [2.75, 3.05) is 45.7 Å². The topological polar surface area (TPSA) is 79.7 Å². The van der Waals surface area contributed by atoms with E-state index in [1.165, 1.54) is 18.0 Å². The summed E-state index contributed by atoms with van der Waals surface area (Å²) in [5.74, 6) is 0.0644. The predicted octanol–water partition coefficient (Wildman–Crippen LogP) is 1.57. The Morgan fingerprint density at radius 1 is 1.26 bits per heavy atom. The molecule has 2 aromatic rings. The van der Waals surface area contributed by atoms with Crippen LogP contribution >= 0.6 is 11.6 Å². The fourth-order valence-corrected chi connectivity index (χ4v) is 3.02. The Morgan fingerprint density at radius 2 is 2.00 bits per heavy atom. The number of piperazine rings is 1. The first-order chi connectivity index (χ1) is 13.0. The van der Waals surface area contributed by atoms with Gasteiger partial charge in [0, 0.05) is 37.4 Å². The van der Waals surface area contributed by atoms with Crippen molar-refractivity contribution in [2.24, 2.45) is 0 Å². The van der Waals surface area contributed by atoms with Gasteiger partial charge in [-0.25, -0.2) is 0 Å². The van der Waals surface area contributed by atoms with Crippen molar-refractivity contribution in [3.63, 3.8) is 0 Å². The third-order valence-electron chi connectivity index (χ3n) is 4.45. The Kier molecular flexibility index (Phi) is 5.98. The minimum absolute atomic E-state index is 0.0171. The lowest BCUT2D eigenvalue weighted by molar-refractivity contribution is -0.133. The largest absolute Gasteiger partial charge is 0.496 e. The van der Waals surface area contributed by atoms with Gasteiger partial charge in [0.25, 0.3) is 5.91 Å². The van der Waals surface area contributed by atoms with Gasteiger partial charge in [-0.15, -0.1) is 0 Å². The molecule has 0 radical (unpaired) electrons. The number of aromatic nitrogens is 2. The monoisotopic (exact) mass is 391 g/mol. The number of halogens is 1. The molecule has 3 rings (SSSR count). The third kappa shape index (κ3) is 4.78. The highest BCUT2D eigenvalue weighted by molar-refractivity contribution is 6.31. The van der Waals surface area contributed by atoms with Crippen LogP contribution in [0, 0.1) is 0 Å². The van der Waals surface area contributed by atoms with E-state index in [1.54, 1.807) is 24.4 Å². The predicted molar refractivity (Wildman–Crippen MR) is 102 cm³/mol. The molecule has 2 amide bonds. The van der Waals surface area contributed by atoms with E-state index in [2.05, 4.69) is 15.3 Å². The summed E-state index contributed by atoms with van der Waals surface area (Å²) in [5, 5.41) is 7.40. The number of carbonyl (C=O) groups excluding carboxylic acids is 2. The molecule has 1 aromatic heterocycles. The summed E-state index contributed by atoms with van der Waals surface area (Å²) in [6.07, 6.45) is 3.14. The number of benzene rings is 1. The van der Waals surface area contributed by atoms with Gasteiger partial charge in [-0.2, -0.15) is 5.10 Å². The molecule has 0 saturated carbocycles. The van der Waals surface area contributed by atoms with Crippen LogP contribution in [0.4, 0.5) is 5.69 Å². The fourth-order valence-electron chi connectivity index (χ4n) is 2.86. The molecule has 8 nitrogen and oxygen atoms in total. The van der Waals surface area contributed by atoms with Gasteiger partial charge >= 0.3 is 0 Å².